The van der Waals surface area contributed by atoms with Crippen LogP contribution in [0.25, 0.3) is 22.3 Å². The molecule has 0 aromatic heterocycles. The molecule has 1 radical (unpaired) electrons. The second kappa shape index (κ2) is 7.63. The highest BCUT2D eigenvalue weighted by Gasteiger charge is 2.31. The van der Waals surface area contributed by atoms with Gasteiger partial charge in [-0.15, -0.1) is 0 Å². The van der Waals surface area contributed by atoms with Gasteiger partial charge in [0.2, 0.25) is 0 Å². The van der Waals surface area contributed by atoms with Gasteiger partial charge in [0.05, 0.1) is 16.1 Å². The number of hydrogen-bond acceptors (Lipinski definition) is 1. The molecular formula is C20H7Cl3F4N. The number of nitriles is 1. The normalized spacial score (nSPS) is 11.4. The van der Waals surface area contributed by atoms with Crippen LogP contribution in [0.3, 0.4) is 0 Å². The number of halogens is 7. The highest BCUT2D eigenvalue weighted by atomic mass is 35.5. The molecule has 3 rings (SSSR count). The maximum absolute atomic E-state index is 14.4. The number of hydrogen-bond donors (Lipinski definition) is 0. The van der Waals surface area contributed by atoms with Gasteiger partial charge in [0.25, 0.3) is 0 Å². The Morgan fingerprint density at radius 1 is 0.929 bits per heavy atom. The van der Waals surface area contributed by atoms with Crippen LogP contribution in [0.1, 0.15) is 11.1 Å². The van der Waals surface area contributed by atoms with Crippen LogP contribution in [0.15, 0.2) is 42.5 Å². The molecule has 0 amide bonds. The monoisotopic (exact) mass is 442 g/mol. The van der Waals surface area contributed by atoms with E-state index in [0.717, 1.165) is 24.3 Å². The molecule has 0 aliphatic heterocycles. The van der Waals surface area contributed by atoms with E-state index >= 15 is 0 Å². The van der Waals surface area contributed by atoms with Gasteiger partial charge in [-0.25, -0.2) is 4.39 Å². The summed E-state index contributed by atoms with van der Waals surface area (Å²) in [5.41, 5.74) is -0.602. The van der Waals surface area contributed by atoms with Crippen molar-refractivity contribution < 1.29 is 17.6 Å². The smallest absolute Gasteiger partial charge is 0.206 e. The van der Waals surface area contributed by atoms with Crippen LogP contribution >= 0.6 is 34.8 Å². The van der Waals surface area contributed by atoms with Crippen molar-refractivity contribution in [3.05, 3.63) is 80.5 Å². The largest absolute Gasteiger partial charge is 0.416 e. The van der Waals surface area contributed by atoms with E-state index in [9.17, 15) is 22.8 Å². The fraction of sp³-hybridized carbons (Fsp3) is 0.0500. The highest BCUT2D eigenvalue weighted by molar-refractivity contribution is 6.37. The van der Waals surface area contributed by atoms with Crippen LogP contribution in [0.2, 0.25) is 15.1 Å². The van der Waals surface area contributed by atoms with E-state index in [-0.39, 0.29) is 42.9 Å². The van der Waals surface area contributed by atoms with E-state index in [2.05, 4.69) is 6.07 Å². The van der Waals surface area contributed by atoms with Gasteiger partial charge in [-0.3, -0.25) is 0 Å². The van der Waals surface area contributed by atoms with E-state index in [1.165, 1.54) is 18.2 Å². The lowest BCUT2D eigenvalue weighted by Gasteiger charge is -2.15. The highest BCUT2D eigenvalue weighted by Crippen LogP contribution is 2.42. The third-order valence-electron chi connectivity index (χ3n) is 3.98. The van der Waals surface area contributed by atoms with Crippen LogP contribution in [0, 0.1) is 23.2 Å². The van der Waals surface area contributed by atoms with Crippen LogP contribution in [0.4, 0.5) is 17.6 Å². The van der Waals surface area contributed by atoms with Crippen LogP contribution < -0.4 is 0 Å². The molecule has 3 aromatic rings. The fourth-order valence-corrected chi connectivity index (χ4v) is 3.39. The minimum absolute atomic E-state index is 0.0312. The van der Waals surface area contributed by atoms with Crippen molar-refractivity contribution in [1.29, 1.82) is 5.26 Å². The first kappa shape index (κ1) is 20.5. The molecule has 0 N–H and O–H groups in total. The Bertz CT molecular complexity index is 1120. The fourth-order valence-electron chi connectivity index (χ4n) is 2.71. The maximum atomic E-state index is 14.4. The lowest BCUT2D eigenvalue weighted by molar-refractivity contribution is -0.137. The Morgan fingerprint density at radius 3 is 2.18 bits per heavy atom. The van der Waals surface area contributed by atoms with Crippen LogP contribution in [-0.2, 0) is 6.18 Å². The topological polar surface area (TPSA) is 23.8 Å². The predicted octanol–water partition coefficient (Wildman–Crippen LogP) is 7.81. The SMILES string of the molecule is N#Cc1c(-c2ccc(Cl)cc2F)c[c]c(Cl)c1-c1ccc(C(F)(F)F)cc1Cl. The quantitative estimate of drug-likeness (QED) is 0.371. The Hall–Kier alpha value is -2.26. The first-order chi connectivity index (χ1) is 13.1. The van der Waals surface area contributed by atoms with Crippen molar-refractivity contribution in [2.45, 2.75) is 6.18 Å². The zero-order valence-corrected chi connectivity index (χ0v) is 15.9. The summed E-state index contributed by atoms with van der Waals surface area (Å²) >= 11 is 18.0. The van der Waals surface area contributed by atoms with Gasteiger partial charge in [0.1, 0.15) is 11.9 Å². The molecule has 28 heavy (non-hydrogen) atoms. The van der Waals surface area contributed by atoms with Gasteiger partial charge >= 0.3 is 6.18 Å². The molecule has 0 aliphatic rings. The van der Waals surface area contributed by atoms with Gasteiger partial charge in [0.15, 0.2) is 0 Å². The Balaban J connectivity index is 2.27. The minimum Gasteiger partial charge on any atom is -0.206 e. The summed E-state index contributed by atoms with van der Waals surface area (Å²) in [7, 11) is 0. The van der Waals surface area contributed by atoms with E-state index in [0.29, 0.717) is 0 Å². The van der Waals surface area contributed by atoms with Gasteiger partial charge in [-0.2, -0.15) is 18.4 Å². The zero-order valence-electron chi connectivity index (χ0n) is 13.6. The number of rotatable bonds is 2. The molecule has 0 fully saturated rings. The second-order valence-electron chi connectivity index (χ2n) is 5.69. The first-order valence-electron chi connectivity index (χ1n) is 7.60. The number of alkyl halides is 3. The van der Waals surface area contributed by atoms with Crippen LogP contribution in [-0.4, -0.2) is 0 Å². The molecule has 0 aliphatic carbocycles. The van der Waals surface area contributed by atoms with Crippen molar-refractivity contribution >= 4 is 34.8 Å². The summed E-state index contributed by atoms with van der Waals surface area (Å²) in [5, 5.41) is 9.56. The molecule has 0 heterocycles. The van der Waals surface area contributed by atoms with Crippen molar-refractivity contribution in [1.82, 2.24) is 0 Å². The molecule has 3 aromatic carbocycles. The molecule has 0 saturated heterocycles. The first-order valence-corrected chi connectivity index (χ1v) is 8.73. The second-order valence-corrected chi connectivity index (χ2v) is 6.92. The summed E-state index contributed by atoms with van der Waals surface area (Å²) in [4.78, 5) is 0. The van der Waals surface area contributed by atoms with E-state index in [4.69, 9.17) is 34.8 Å². The molecule has 0 bridgehead atoms. The molecule has 1 nitrogen and oxygen atoms in total. The molecule has 0 spiro atoms. The minimum atomic E-state index is -4.58. The van der Waals surface area contributed by atoms with Crippen molar-refractivity contribution in [3.63, 3.8) is 0 Å². The molecule has 0 saturated carbocycles. The summed E-state index contributed by atoms with van der Waals surface area (Å²) in [6, 6.07) is 12.5. The molecule has 0 unspecified atom stereocenters. The van der Waals surface area contributed by atoms with E-state index in [1.54, 1.807) is 0 Å². The van der Waals surface area contributed by atoms with Crippen molar-refractivity contribution in [3.8, 4) is 28.3 Å². The average molecular weight is 444 g/mol. The van der Waals surface area contributed by atoms with Gasteiger partial charge < -0.3 is 0 Å². The van der Waals surface area contributed by atoms with Crippen molar-refractivity contribution in [2.75, 3.05) is 0 Å². The number of nitrogens with zero attached hydrogens (tertiary/aromatic N) is 1. The lowest BCUT2D eigenvalue weighted by Crippen LogP contribution is -2.04. The Kier molecular flexibility index (Phi) is 5.58. The number of benzene rings is 3. The summed E-state index contributed by atoms with van der Waals surface area (Å²) < 4.78 is 53.0. The maximum Gasteiger partial charge on any atom is 0.416 e. The summed E-state index contributed by atoms with van der Waals surface area (Å²) in [6.45, 7) is 0. The summed E-state index contributed by atoms with van der Waals surface area (Å²) in [6.07, 6.45) is -4.58. The van der Waals surface area contributed by atoms with Gasteiger partial charge in [-0.05, 0) is 36.4 Å². The predicted molar refractivity (Wildman–Crippen MR) is 101 cm³/mol. The molecule has 8 heteroatoms. The molecule has 141 valence electrons. The Morgan fingerprint density at radius 2 is 1.61 bits per heavy atom. The van der Waals surface area contributed by atoms with Crippen LogP contribution in [0.5, 0.6) is 0 Å². The lowest BCUT2D eigenvalue weighted by atomic mass is 9.91. The average Bonchev–Trinajstić information content (AvgIpc) is 2.61. The summed E-state index contributed by atoms with van der Waals surface area (Å²) in [5.74, 6) is -0.677. The van der Waals surface area contributed by atoms with Gasteiger partial charge in [-0.1, -0.05) is 40.9 Å². The zero-order chi connectivity index (χ0) is 20.6. The van der Waals surface area contributed by atoms with E-state index in [1.807, 2.05) is 6.07 Å². The third kappa shape index (κ3) is 3.81. The van der Waals surface area contributed by atoms with E-state index < -0.39 is 17.6 Å². The standard InChI is InChI=1S/C20H7Cl3F4N/c21-11-2-4-13(18(24)8-11)12-5-6-16(22)19(15(12)9-28)14-3-1-10(7-17(14)23)20(25,26)27/h1-5,7-8H. The molecule has 0 atom stereocenters. The third-order valence-corrected chi connectivity index (χ3v) is 4.83. The van der Waals surface area contributed by atoms with Crippen molar-refractivity contribution in [2.24, 2.45) is 0 Å². The Labute approximate surface area is 172 Å². The molecular weight excluding hydrogens is 437 g/mol. The van der Waals surface area contributed by atoms with Gasteiger partial charge in [0, 0.05) is 38.4 Å².